The molecule has 3 rings (SSSR count). The van der Waals surface area contributed by atoms with Crippen LogP contribution in [0.3, 0.4) is 0 Å². The van der Waals surface area contributed by atoms with E-state index in [2.05, 4.69) is 5.32 Å². The molecule has 2 aromatic rings. The molecule has 2 amide bonds. The molecule has 0 spiro atoms. The van der Waals surface area contributed by atoms with Gasteiger partial charge in [0, 0.05) is 30.8 Å². The topological polar surface area (TPSA) is 49.4 Å². The number of nitrogens with zero attached hydrogens (tertiary/aromatic N) is 1. The number of benzene rings is 1. The lowest BCUT2D eigenvalue weighted by Crippen LogP contribution is -2.35. The average Bonchev–Trinajstić information content (AvgIpc) is 3.03. The van der Waals surface area contributed by atoms with Crippen LogP contribution < -0.4 is 5.32 Å². The Morgan fingerprint density at radius 2 is 1.92 bits per heavy atom. The number of rotatable bonds is 4. The molecule has 0 saturated carbocycles. The Bertz CT molecular complexity index is 755. The van der Waals surface area contributed by atoms with Gasteiger partial charge in [0.1, 0.15) is 17.3 Å². The third-order valence-electron chi connectivity index (χ3n) is 3.95. The van der Waals surface area contributed by atoms with Gasteiger partial charge >= 0.3 is 0 Å². The van der Waals surface area contributed by atoms with Crippen LogP contribution in [0.2, 0.25) is 0 Å². The molecule has 4 nitrogen and oxygen atoms in total. The first-order valence-corrected chi connectivity index (χ1v) is 8.49. The molecule has 1 aromatic heterocycles. The van der Waals surface area contributed by atoms with Crippen molar-refractivity contribution >= 4 is 28.8 Å². The van der Waals surface area contributed by atoms with Crippen molar-refractivity contribution in [2.75, 3.05) is 11.9 Å². The Morgan fingerprint density at radius 3 is 2.67 bits per heavy atom. The number of hydrogen-bond donors (Lipinski definition) is 1. The second-order valence-electron chi connectivity index (χ2n) is 5.58. The van der Waals surface area contributed by atoms with Crippen LogP contribution in [0.1, 0.15) is 23.3 Å². The van der Waals surface area contributed by atoms with Gasteiger partial charge in [-0.3, -0.25) is 9.59 Å². The standard InChI is InChI=1S/C17H16F2N2O2S/c18-12-2-1-3-13(19)17(12)20-15(22)4-5-16(23)21-8-6-14-11(10-21)7-9-24-14/h1-3,7,9H,4-6,8,10H2,(H,20,22). The minimum Gasteiger partial charge on any atom is -0.338 e. The summed E-state index contributed by atoms with van der Waals surface area (Å²) < 4.78 is 27.0. The predicted octanol–water partition coefficient (Wildman–Crippen LogP) is 3.33. The number of halogens is 2. The summed E-state index contributed by atoms with van der Waals surface area (Å²) in [6.45, 7) is 1.19. The number of anilines is 1. The van der Waals surface area contributed by atoms with E-state index in [4.69, 9.17) is 0 Å². The van der Waals surface area contributed by atoms with E-state index in [-0.39, 0.29) is 18.7 Å². The van der Waals surface area contributed by atoms with E-state index in [0.717, 1.165) is 24.1 Å². The van der Waals surface area contributed by atoms with Crippen LogP contribution in [0.15, 0.2) is 29.6 Å². The van der Waals surface area contributed by atoms with E-state index < -0.39 is 23.2 Å². The molecule has 1 aliphatic rings. The number of carbonyl (C=O) groups is 2. The normalized spacial score (nSPS) is 13.5. The second kappa shape index (κ2) is 7.09. The maximum atomic E-state index is 13.5. The molecule has 1 N–H and O–H groups in total. The van der Waals surface area contributed by atoms with Crippen LogP contribution in [-0.2, 0) is 22.6 Å². The quantitative estimate of drug-likeness (QED) is 0.919. The lowest BCUT2D eigenvalue weighted by molar-refractivity contribution is -0.133. The molecule has 0 aliphatic carbocycles. The summed E-state index contributed by atoms with van der Waals surface area (Å²) in [6, 6.07) is 5.36. The zero-order valence-electron chi connectivity index (χ0n) is 12.9. The van der Waals surface area contributed by atoms with Gasteiger partial charge in [-0.1, -0.05) is 6.07 Å². The summed E-state index contributed by atoms with van der Waals surface area (Å²) in [4.78, 5) is 27.1. The summed E-state index contributed by atoms with van der Waals surface area (Å²) in [7, 11) is 0. The smallest absolute Gasteiger partial charge is 0.225 e. The van der Waals surface area contributed by atoms with Gasteiger partial charge in [-0.25, -0.2) is 8.78 Å². The van der Waals surface area contributed by atoms with Crippen LogP contribution in [-0.4, -0.2) is 23.3 Å². The molecule has 0 atom stereocenters. The SMILES string of the molecule is O=C(CCC(=O)N1CCc2sccc2C1)Nc1c(F)cccc1F. The van der Waals surface area contributed by atoms with E-state index in [1.54, 1.807) is 16.2 Å². The highest BCUT2D eigenvalue weighted by atomic mass is 32.1. The average molecular weight is 350 g/mol. The van der Waals surface area contributed by atoms with E-state index >= 15 is 0 Å². The fourth-order valence-corrected chi connectivity index (χ4v) is 3.55. The van der Waals surface area contributed by atoms with Crippen molar-refractivity contribution in [1.29, 1.82) is 0 Å². The first kappa shape index (κ1) is 16.6. The third kappa shape index (κ3) is 3.62. The number of carbonyl (C=O) groups excluding carboxylic acids is 2. The van der Waals surface area contributed by atoms with Gasteiger partial charge in [0.25, 0.3) is 0 Å². The summed E-state index contributed by atoms with van der Waals surface area (Å²) in [5.41, 5.74) is 0.674. The Hall–Kier alpha value is -2.28. The predicted molar refractivity (Wildman–Crippen MR) is 87.7 cm³/mol. The van der Waals surface area contributed by atoms with Crippen molar-refractivity contribution in [1.82, 2.24) is 4.90 Å². The Kier molecular flexibility index (Phi) is 4.89. The first-order valence-electron chi connectivity index (χ1n) is 7.61. The highest BCUT2D eigenvalue weighted by Crippen LogP contribution is 2.24. The third-order valence-corrected chi connectivity index (χ3v) is 4.98. The van der Waals surface area contributed by atoms with E-state index in [0.29, 0.717) is 13.1 Å². The second-order valence-corrected chi connectivity index (χ2v) is 6.58. The minimum absolute atomic E-state index is 0.0153. The van der Waals surface area contributed by atoms with E-state index in [1.165, 1.54) is 10.9 Å². The Morgan fingerprint density at radius 1 is 1.17 bits per heavy atom. The maximum absolute atomic E-state index is 13.5. The minimum atomic E-state index is -0.837. The maximum Gasteiger partial charge on any atom is 0.225 e. The molecule has 126 valence electrons. The molecule has 1 aliphatic heterocycles. The lowest BCUT2D eigenvalue weighted by Gasteiger charge is -2.27. The largest absolute Gasteiger partial charge is 0.338 e. The van der Waals surface area contributed by atoms with E-state index in [9.17, 15) is 18.4 Å². The van der Waals surface area contributed by atoms with Gasteiger partial charge in [-0.2, -0.15) is 0 Å². The first-order chi connectivity index (χ1) is 11.5. The summed E-state index contributed by atoms with van der Waals surface area (Å²) in [6.07, 6.45) is 0.729. The molecule has 1 aromatic carbocycles. The van der Waals surface area contributed by atoms with Gasteiger partial charge in [-0.15, -0.1) is 11.3 Å². The van der Waals surface area contributed by atoms with Crippen molar-refractivity contribution in [2.24, 2.45) is 0 Å². The van der Waals surface area contributed by atoms with Crippen LogP contribution >= 0.6 is 11.3 Å². The number of hydrogen-bond acceptors (Lipinski definition) is 3. The summed E-state index contributed by atoms with van der Waals surface area (Å²) in [5.74, 6) is -2.39. The van der Waals surface area contributed by atoms with Crippen molar-refractivity contribution in [3.05, 3.63) is 51.7 Å². The number of fused-ring (bicyclic) bond motifs is 1. The molecule has 7 heteroatoms. The van der Waals surface area contributed by atoms with Crippen molar-refractivity contribution < 1.29 is 18.4 Å². The number of thiophene rings is 1. The van der Waals surface area contributed by atoms with Crippen molar-refractivity contribution in [3.8, 4) is 0 Å². The zero-order valence-corrected chi connectivity index (χ0v) is 13.7. The van der Waals surface area contributed by atoms with Crippen molar-refractivity contribution in [2.45, 2.75) is 25.8 Å². The van der Waals surface area contributed by atoms with Gasteiger partial charge in [-0.05, 0) is 35.6 Å². The fraction of sp³-hybridized carbons (Fsp3) is 0.294. The summed E-state index contributed by atoms with van der Waals surface area (Å²) in [5, 5.41) is 4.20. The molecule has 0 bridgehead atoms. The molecule has 0 fully saturated rings. The van der Waals surface area contributed by atoms with Gasteiger partial charge in [0.15, 0.2) is 0 Å². The molecule has 0 unspecified atom stereocenters. The number of amides is 2. The summed E-state index contributed by atoms with van der Waals surface area (Å²) >= 11 is 1.69. The molecular formula is C17H16F2N2O2S. The lowest BCUT2D eigenvalue weighted by atomic mass is 10.1. The van der Waals surface area contributed by atoms with Gasteiger partial charge in [0.2, 0.25) is 11.8 Å². The highest BCUT2D eigenvalue weighted by molar-refractivity contribution is 7.10. The molecular weight excluding hydrogens is 334 g/mol. The van der Waals surface area contributed by atoms with E-state index in [1.807, 2.05) is 11.4 Å². The Balaban J connectivity index is 1.52. The van der Waals surface area contributed by atoms with Crippen LogP contribution in [0.25, 0.3) is 0 Å². The Labute approximate surface area is 142 Å². The van der Waals surface area contributed by atoms with Crippen molar-refractivity contribution in [3.63, 3.8) is 0 Å². The molecule has 0 radical (unpaired) electrons. The van der Waals surface area contributed by atoms with Crippen LogP contribution in [0.4, 0.5) is 14.5 Å². The highest BCUT2D eigenvalue weighted by Gasteiger charge is 2.22. The molecule has 0 saturated heterocycles. The van der Waals surface area contributed by atoms with Crippen LogP contribution in [0.5, 0.6) is 0 Å². The van der Waals surface area contributed by atoms with Crippen LogP contribution in [0, 0.1) is 11.6 Å². The number of para-hydroxylation sites is 1. The monoisotopic (exact) mass is 350 g/mol. The fourth-order valence-electron chi connectivity index (χ4n) is 2.66. The zero-order chi connectivity index (χ0) is 17.1. The van der Waals surface area contributed by atoms with Gasteiger partial charge < -0.3 is 10.2 Å². The molecule has 24 heavy (non-hydrogen) atoms. The van der Waals surface area contributed by atoms with Gasteiger partial charge in [0.05, 0.1) is 0 Å². The number of nitrogens with one attached hydrogen (secondary N) is 1. The molecule has 2 heterocycles.